The lowest BCUT2D eigenvalue weighted by atomic mass is 9.59. The molecule has 0 saturated carbocycles. The average molecular weight is 635 g/mol. The first-order valence-corrected chi connectivity index (χ1v) is 21.3. The van der Waals surface area contributed by atoms with Gasteiger partial charge in [0.05, 0.1) is 5.41 Å². The Kier molecular flexibility index (Phi) is 8.54. The van der Waals surface area contributed by atoms with Crippen LogP contribution in [0.4, 0.5) is 0 Å². The molecule has 0 heterocycles. The highest BCUT2D eigenvalue weighted by Crippen LogP contribution is 2.56. The van der Waals surface area contributed by atoms with Crippen molar-refractivity contribution in [1.29, 1.82) is 0 Å². The van der Waals surface area contributed by atoms with Gasteiger partial charge in [0.25, 0.3) is 0 Å². The smallest absolute Gasteiger partial charge is 0.0676 e. The third-order valence-corrected chi connectivity index (χ3v) is 11.8. The molecular formula is C46H54Si. The van der Waals surface area contributed by atoms with Crippen LogP contribution in [0, 0.1) is 0 Å². The van der Waals surface area contributed by atoms with E-state index in [0.29, 0.717) is 0 Å². The molecule has 0 spiro atoms. The van der Waals surface area contributed by atoms with E-state index in [-0.39, 0.29) is 10.8 Å². The topological polar surface area (TPSA) is 0 Å². The van der Waals surface area contributed by atoms with Crippen molar-refractivity contribution in [2.75, 3.05) is 0 Å². The second kappa shape index (κ2) is 12.1. The van der Waals surface area contributed by atoms with E-state index in [9.17, 15) is 0 Å². The first kappa shape index (κ1) is 33.2. The third kappa shape index (κ3) is 6.20. The van der Waals surface area contributed by atoms with Gasteiger partial charge >= 0.3 is 0 Å². The van der Waals surface area contributed by atoms with Crippen molar-refractivity contribution >= 4 is 8.07 Å². The van der Waals surface area contributed by atoms with Crippen molar-refractivity contribution in [3.63, 3.8) is 0 Å². The molecule has 2 aliphatic rings. The molecular weight excluding hydrogens is 581 g/mol. The van der Waals surface area contributed by atoms with Gasteiger partial charge in [-0.15, -0.1) is 0 Å². The Bertz CT molecular complexity index is 1820. The molecule has 0 aliphatic heterocycles. The molecule has 0 fully saturated rings. The fourth-order valence-corrected chi connectivity index (χ4v) is 9.94. The van der Waals surface area contributed by atoms with E-state index in [2.05, 4.69) is 171 Å². The van der Waals surface area contributed by atoms with Gasteiger partial charge in [0.1, 0.15) is 0 Å². The van der Waals surface area contributed by atoms with Crippen molar-refractivity contribution in [2.24, 2.45) is 0 Å². The van der Waals surface area contributed by atoms with Crippen LogP contribution in [0.2, 0.25) is 25.7 Å². The highest BCUT2D eigenvalue weighted by atomic mass is 28.3. The molecule has 4 aromatic rings. The Morgan fingerprint density at radius 2 is 1.30 bits per heavy atom. The predicted molar refractivity (Wildman–Crippen MR) is 208 cm³/mol. The maximum absolute atomic E-state index is 4.67. The minimum Gasteiger partial charge on any atom is -0.0998 e. The van der Waals surface area contributed by atoms with E-state index in [1.807, 2.05) is 0 Å². The van der Waals surface area contributed by atoms with Crippen molar-refractivity contribution in [1.82, 2.24) is 0 Å². The molecule has 1 heteroatoms. The molecule has 0 N–H and O–H groups in total. The van der Waals surface area contributed by atoms with E-state index in [4.69, 9.17) is 0 Å². The van der Waals surface area contributed by atoms with Crippen LogP contribution in [-0.4, -0.2) is 8.07 Å². The van der Waals surface area contributed by atoms with Crippen LogP contribution >= 0.6 is 0 Å². The Morgan fingerprint density at radius 1 is 0.702 bits per heavy atom. The third-order valence-electron chi connectivity index (χ3n) is 10.2. The molecule has 0 bridgehead atoms. The summed E-state index contributed by atoms with van der Waals surface area (Å²) >= 11 is 0. The number of benzene rings is 4. The van der Waals surface area contributed by atoms with E-state index >= 15 is 0 Å². The molecule has 0 amide bonds. The minimum absolute atomic E-state index is 0.0568. The fourth-order valence-electron chi connectivity index (χ4n) is 8.32. The summed E-state index contributed by atoms with van der Waals surface area (Å²) in [6.07, 6.45) is 7.67. The second-order valence-corrected chi connectivity index (χ2v) is 22.8. The maximum Gasteiger partial charge on any atom is 0.0676 e. The summed E-state index contributed by atoms with van der Waals surface area (Å²) in [5.74, 6) is 0. The van der Waals surface area contributed by atoms with Crippen molar-refractivity contribution in [2.45, 2.75) is 103 Å². The monoisotopic (exact) mass is 634 g/mol. The van der Waals surface area contributed by atoms with E-state index in [0.717, 1.165) is 25.3 Å². The Labute approximate surface area is 286 Å². The Morgan fingerprint density at radius 3 is 1.85 bits per heavy atom. The maximum atomic E-state index is 4.67. The zero-order chi connectivity index (χ0) is 33.8. The van der Waals surface area contributed by atoms with Crippen LogP contribution in [0.15, 0.2) is 126 Å². The van der Waals surface area contributed by atoms with Crippen LogP contribution < -0.4 is 0 Å². The molecule has 4 aromatic carbocycles. The van der Waals surface area contributed by atoms with Crippen LogP contribution in [0.3, 0.4) is 0 Å². The predicted octanol–water partition coefficient (Wildman–Crippen LogP) is 12.7. The molecule has 0 atom stereocenters. The number of rotatable bonds is 8. The molecule has 6 rings (SSSR count). The normalized spacial score (nSPS) is 14.8. The first-order valence-electron chi connectivity index (χ1n) is 17.6. The number of fused-ring (bicyclic) bond motifs is 3. The highest BCUT2D eigenvalue weighted by Gasteiger charge is 2.47. The van der Waals surface area contributed by atoms with Gasteiger partial charge in [0.2, 0.25) is 0 Å². The van der Waals surface area contributed by atoms with E-state index in [1.54, 1.807) is 0 Å². The van der Waals surface area contributed by atoms with Crippen LogP contribution in [0.1, 0.15) is 93.3 Å². The Hall–Kier alpha value is -3.68. The average Bonchev–Trinajstić information content (AvgIpc) is 3.61. The number of hydrogen-bond acceptors (Lipinski definition) is 0. The van der Waals surface area contributed by atoms with Gasteiger partial charge in [0.15, 0.2) is 0 Å². The first-order chi connectivity index (χ1) is 22.1. The van der Waals surface area contributed by atoms with Crippen molar-refractivity contribution in [3.05, 3.63) is 165 Å². The van der Waals surface area contributed by atoms with Gasteiger partial charge in [-0.1, -0.05) is 176 Å². The summed E-state index contributed by atoms with van der Waals surface area (Å²) in [4.78, 5) is 0. The molecule has 0 aromatic heterocycles. The lowest BCUT2D eigenvalue weighted by Crippen LogP contribution is -2.36. The summed E-state index contributed by atoms with van der Waals surface area (Å²) in [5, 5.41) is 0. The van der Waals surface area contributed by atoms with Gasteiger partial charge in [-0.05, 0) is 97.4 Å². The number of allylic oxidation sites excluding steroid dienone is 5. The van der Waals surface area contributed by atoms with Crippen LogP contribution in [0.5, 0.6) is 0 Å². The quantitative estimate of drug-likeness (QED) is 0.0905. The molecule has 2 aliphatic carbocycles. The van der Waals surface area contributed by atoms with Crippen molar-refractivity contribution < 1.29 is 0 Å². The van der Waals surface area contributed by atoms with Crippen LogP contribution in [0.25, 0.3) is 11.1 Å². The Balaban J connectivity index is 1.73. The minimum atomic E-state index is -1.30. The molecule has 0 radical (unpaired) electrons. The lowest BCUT2D eigenvalue weighted by molar-refractivity contribution is 0.562. The largest absolute Gasteiger partial charge is 0.0998 e. The summed E-state index contributed by atoms with van der Waals surface area (Å²) in [7, 11) is -1.30. The number of hydrogen-bond donors (Lipinski definition) is 0. The zero-order valence-corrected chi connectivity index (χ0v) is 31.4. The summed E-state index contributed by atoms with van der Waals surface area (Å²) < 4.78 is 0. The van der Waals surface area contributed by atoms with E-state index in [1.165, 1.54) is 66.8 Å². The molecule has 47 heavy (non-hydrogen) atoms. The molecule has 0 saturated heterocycles. The van der Waals surface area contributed by atoms with Gasteiger partial charge in [-0.3, -0.25) is 0 Å². The molecule has 0 unspecified atom stereocenters. The van der Waals surface area contributed by atoms with Gasteiger partial charge in [0, 0.05) is 8.07 Å². The van der Waals surface area contributed by atoms with E-state index < -0.39 is 13.5 Å². The van der Waals surface area contributed by atoms with Crippen LogP contribution in [-0.2, 0) is 22.7 Å². The zero-order valence-electron chi connectivity index (χ0n) is 30.4. The second-order valence-electron chi connectivity index (χ2n) is 17.3. The summed E-state index contributed by atoms with van der Waals surface area (Å²) in [6, 6.07) is 36.1. The van der Waals surface area contributed by atoms with Gasteiger partial charge in [-0.2, -0.15) is 0 Å². The highest BCUT2D eigenvalue weighted by molar-refractivity contribution is 6.76. The fraction of sp³-hybridized carbons (Fsp3) is 0.348. The standard InChI is InChI=1S/C46H54Si/c1-32(31-47(8,9)10)28-33-18-17-23-41(33)46(35-19-13-11-14-20-35,36-21-15-12-16-22-36)43-40-30-34-29-37(44(2,3)4)24-25-38(34)39(40)26-27-42(43)45(5,6)7/h11-22,24-27,29H,1,23,28,30-31H2,2-10H3. The summed E-state index contributed by atoms with van der Waals surface area (Å²) in [6.45, 7) is 26.2. The van der Waals surface area contributed by atoms with Gasteiger partial charge < -0.3 is 0 Å². The summed E-state index contributed by atoms with van der Waals surface area (Å²) in [5.41, 5.74) is 16.7. The molecule has 0 nitrogen and oxygen atoms in total. The molecule has 242 valence electrons. The van der Waals surface area contributed by atoms with Gasteiger partial charge in [-0.25, -0.2) is 0 Å². The lowest BCUT2D eigenvalue weighted by Gasteiger charge is -2.43. The van der Waals surface area contributed by atoms with Crippen molar-refractivity contribution in [3.8, 4) is 11.1 Å². The SMILES string of the molecule is C=C(CC1=C(C(c2ccccc2)(c2ccccc2)c2c(C(C)(C)C)ccc3c2Cc2cc(C(C)(C)C)ccc2-3)CC=C1)C[Si](C)(C)C.